The highest BCUT2D eigenvalue weighted by atomic mass is 35.5. The van der Waals surface area contributed by atoms with Gasteiger partial charge >= 0.3 is 0 Å². The molecule has 3 aliphatic rings. The lowest BCUT2D eigenvalue weighted by Crippen LogP contribution is -2.23. The molecule has 1 aromatic carbocycles. The Kier molecular flexibility index (Phi) is 1.88. The van der Waals surface area contributed by atoms with Crippen molar-refractivity contribution in [3.8, 4) is 5.75 Å². The van der Waals surface area contributed by atoms with Crippen LogP contribution in [0, 0.1) is 11.3 Å². The van der Waals surface area contributed by atoms with Crippen molar-refractivity contribution in [2.45, 2.75) is 25.7 Å². The third-order valence-corrected chi connectivity index (χ3v) is 5.16. The summed E-state index contributed by atoms with van der Waals surface area (Å²) in [6, 6.07) is 3.59. The largest absolute Gasteiger partial charge is 0.506 e. The highest BCUT2D eigenvalue weighted by Crippen LogP contribution is 2.60. The molecule has 2 atom stereocenters. The average Bonchev–Trinajstić information content (AvgIpc) is 2.83. The van der Waals surface area contributed by atoms with Crippen molar-refractivity contribution in [3.05, 3.63) is 34.4 Å². The van der Waals surface area contributed by atoms with E-state index >= 15 is 0 Å². The Labute approximate surface area is 110 Å². The van der Waals surface area contributed by atoms with Gasteiger partial charge in [0, 0.05) is 11.3 Å². The number of phenolic OH excluding ortho intramolecular Hbond substituents is 1. The quantitative estimate of drug-likeness (QED) is 0.777. The van der Waals surface area contributed by atoms with Gasteiger partial charge in [0.05, 0.1) is 5.02 Å². The van der Waals surface area contributed by atoms with E-state index in [1.165, 1.54) is 0 Å². The van der Waals surface area contributed by atoms with E-state index in [1.807, 2.05) is 12.1 Å². The third kappa shape index (κ3) is 1.17. The van der Waals surface area contributed by atoms with E-state index in [9.17, 15) is 9.90 Å². The number of aromatic hydroxyl groups is 1. The molecule has 1 spiro atoms. The smallest absolute Gasteiger partial charge is 0.159 e. The third-order valence-electron chi connectivity index (χ3n) is 4.86. The number of ketones is 1. The Balaban J connectivity index is 1.96. The molecule has 0 unspecified atom stereocenters. The second-order valence-corrected chi connectivity index (χ2v) is 6.23. The van der Waals surface area contributed by atoms with E-state index in [4.69, 9.17) is 11.6 Å². The summed E-state index contributed by atoms with van der Waals surface area (Å²) in [5, 5.41) is 10.1. The van der Waals surface area contributed by atoms with Crippen LogP contribution in [0.5, 0.6) is 5.75 Å². The first-order chi connectivity index (χ1) is 8.59. The van der Waals surface area contributed by atoms with Crippen LogP contribution in [0.15, 0.2) is 18.2 Å². The van der Waals surface area contributed by atoms with Gasteiger partial charge in [-0.1, -0.05) is 11.6 Å². The molecule has 1 saturated carbocycles. The van der Waals surface area contributed by atoms with Crippen LogP contribution in [0.25, 0.3) is 5.57 Å². The summed E-state index contributed by atoms with van der Waals surface area (Å²) in [5.41, 5.74) is 3.53. The molecule has 0 heterocycles. The second-order valence-electron chi connectivity index (χ2n) is 5.82. The summed E-state index contributed by atoms with van der Waals surface area (Å²) in [6.07, 6.45) is 5.85. The first-order valence-corrected chi connectivity index (χ1v) is 6.75. The van der Waals surface area contributed by atoms with Crippen LogP contribution in [0.4, 0.5) is 0 Å². The number of carbonyl (C=O) groups excluding carboxylic acids is 1. The van der Waals surface area contributed by atoms with Crippen molar-refractivity contribution in [3.63, 3.8) is 0 Å². The molecule has 0 saturated heterocycles. The molecule has 3 aliphatic carbocycles. The van der Waals surface area contributed by atoms with Crippen LogP contribution in [0.3, 0.4) is 0 Å². The zero-order chi connectivity index (χ0) is 12.5. The van der Waals surface area contributed by atoms with Gasteiger partial charge in [-0.15, -0.1) is 0 Å². The van der Waals surface area contributed by atoms with Crippen molar-refractivity contribution in [1.82, 2.24) is 0 Å². The van der Waals surface area contributed by atoms with Gasteiger partial charge in [-0.2, -0.15) is 0 Å². The lowest BCUT2D eigenvalue weighted by atomic mass is 9.74. The normalized spacial score (nSPS) is 32.2. The maximum atomic E-state index is 12.0. The molecule has 1 N–H and O–H groups in total. The van der Waals surface area contributed by atoms with E-state index in [1.54, 1.807) is 6.07 Å². The Morgan fingerprint density at radius 2 is 2.22 bits per heavy atom. The van der Waals surface area contributed by atoms with Gasteiger partial charge < -0.3 is 5.11 Å². The Bertz CT molecular complexity index is 617. The predicted octanol–water partition coefficient (Wildman–Crippen LogP) is 3.35. The van der Waals surface area contributed by atoms with Crippen molar-refractivity contribution < 1.29 is 9.90 Å². The Morgan fingerprint density at radius 1 is 1.39 bits per heavy atom. The van der Waals surface area contributed by atoms with Crippen molar-refractivity contribution in [1.29, 1.82) is 0 Å². The highest BCUT2D eigenvalue weighted by molar-refractivity contribution is 6.32. The summed E-state index contributed by atoms with van der Waals surface area (Å²) in [6.45, 7) is 0. The van der Waals surface area contributed by atoms with E-state index < -0.39 is 0 Å². The fourth-order valence-electron chi connectivity index (χ4n) is 4.01. The minimum atomic E-state index is 0.145. The van der Waals surface area contributed by atoms with Crippen molar-refractivity contribution >= 4 is 23.0 Å². The van der Waals surface area contributed by atoms with Crippen LogP contribution < -0.4 is 0 Å². The van der Waals surface area contributed by atoms with Crippen LogP contribution in [-0.2, 0) is 11.2 Å². The first-order valence-electron chi connectivity index (χ1n) is 6.37. The fourth-order valence-corrected chi connectivity index (χ4v) is 4.18. The predicted molar refractivity (Wildman–Crippen MR) is 69.6 cm³/mol. The SMILES string of the molecule is O=C1C=C2c3cc(Cl)c(O)cc3C[C@]23CC[C@@H]1C3. The molecular formula is C15H13ClO2. The molecule has 0 amide bonds. The van der Waals surface area contributed by atoms with Gasteiger partial charge in [0.1, 0.15) is 5.75 Å². The van der Waals surface area contributed by atoms with Gasteiger partial charge in [-0.05, 0) is 60.6 Å². The van der Waals surface area contributed by atoms with Crippen LogP contribution in [-0.4, -0.2) is 10.9 Å². The summed E-state index contributed by atoms with van der Waals surface area (Å²) in [5.74, 6) is 0.647. The number of allylic oxidation sites excluding steroid dienone is 2. The van der Waals surface area contributed by atoms with E-state index in [-0.39, 0.29) is 22.9 Å². The van der Waals surface area contributed by atoms with Gasteiger partial charge in [0.25, 0.3) is 0 Å². The molecule has 0 aliphatic heterocycles. The van der Waals surface area contributed by atoms with E-state index in [2.05, 4.69) is 0 Å². The molecule has 18 heavy (non-hydrogen) atoms. The van der Waals surface area contributed by atoms with Crippen molar-refractivity contribution in [2.75, 3.05) is 0 Å². The number of benzene rings is 1. The van der Waals surface area contributed by atoms with E-state index in [0.717, 1.165) is 42.4 Å². The maximum absolute atomic E-state index is 12.0. The van der Waals surface area contributed by atoms with Crippen LogP contribution in [0.2, 0.25) is 5.02 Å². The summed E-state index contributed by atoms with van der Waals surface area (Å²) in [7, 11) is 0. The van der Waals surface area contributed by atoms with Crippen LogP contribution in [0.1, 0.15) is 30.4 Å². The number of carbonyl (C=O) groups is 1. The van der Waals surface area contributed by atoms with Crippen molar-refractivity contribution in [2.24, 2.45) is 11.3 Å². The van der Waals surface area contributed by atoms with E-state index in [0.29, 0.717) is 5.02 Å². The molecule has 0 aromatic heterocycles. The molecule has 2 nitrogen and oxygen atoms in total. The second kappa shape index (κ2) is 3.18. The number of hydrogen-bond donors (Lipinski definition) is 1. The summed E-state index contributed by atoms with van der Waals surface area (Å²) in [4.78, 5) is 12.0. The molecule has 92 valence electrons. The number of rotatable bonds is 0. The monoisotopic (exact) mass is 260 g/mol. The van der Waals surface area contributed by atoms with Gasteiger partial charge in [-0.3, -0.25) is 4.79 Å². The van der Waals surface area contributed by atoms with Gasteiger partial charge in [0.2, 0.25) is 0 Å². The Morgan fingerprint density at radius 3 is 3.06 bits per heavy atom. The Hall–Kier alpha value is -1.28. The average molecular weight is 261 g/mol. The molecule has 3 heteroatoms. The first kappa shape index (κ1) is 10.6. The number of phenols is 1. The summed E-state index contributed by atoms with van der Waals surface area (Å²) >= 11 is 6.00. The fraction of sp³-hybridized carbons (Fsp3) is 0.400. The zero-order valence-corrected chi connectivity index (χ0v) is 10.6. The number of fused-ring (bicyclic) bond motifs is 3. The zero-order valence-electron chi connectivity index (χ0n) is 9.87. The molecule has 4 rings (SSSR count). The number of halogens is 1. The van der Waals surface area contributed by atoms with Gasteiger partial charge in [0.15, 0.2) is 5.78 Å². The highest BCUT2D eigenvalue weighted by Gasteiger charge is 2.51. The summed E-state index contributed by atoms with van der Waals surface area (Å²) < 4.78 is 0. The molecule has 1 aromatic rings. The number of hydrogen-bond acceptors (Lipinski definition) is 2. The molecule has 1 fully saturated rings. The minimum Gasteiger partial charge on any atom is -0.506 e. The van der Waals surface area contributed by atoms with Crippen LogP contribution >= 0.6 is 11.6 Å². The minimum absolute atomic E-state index is 0.145. The topological polar surface area (TPSA) is 37.3 Å². The molecule has 0 radical (unpaired) electrons. The lowest BCUT2D eigenvalue weighted by Gasteiger charge is -2.28. The van der Waals surface area contributed by atoms with Gasteiger partial charge in [-0.25, -0.2) is 0 Å². The molecule has 2 bridgehead atoms. The standard InChI is InChI=1S/C15H13ClO2/c16-12-4-10-9(3-14(12)18)7-15-2-1-8(6-15)13(17)5-11(10)15/h3-5,8,18H,1-2,6-7H2/t8-,15-/m1/s1. The lowest BCUT2D eigenvalue weighted by molar-refractivity contribution is -0.118. The maximum Gasteiger partial charge on any atom is 0.159 e. The molecular weight excluding hydrogens is 248 g/mol.